The van der Waals surface area contributed by atoms with Crippen molar-refractivity contribution < 1.29 is 9.13 Å². The van der Waals surface area contributed by atoms with Crippen LogP contribution in [0.4, 0.5) is 4.39 Å². The second-order valence-corrected chi connectivity index (χ2v) is 8.38. The largest absolute Gasteiger partial charge is 0.379 e. The van der Waals surface area contributed by atoms with E-state index in [4.69, 9.17) is 4.74 Å². The van der Waals surface area contributed by atoms with Gasteiger partial charge in [-0.2, -0.15) is 0 Å². The van der Waals surface area contributed by atoms with Gasteiger partial charge in [-0.15, -0.1) is 24.0 Å². The summed E-state index contributed by atoms with van der Waals surface area (Å²) in [5.41, 5.74) is 3.26. The number of morpholine rings is 1. The first-order chi connectivity index (χ1) is 14.5. The molecule has 7 heteroatoms. The normalized spacial score (nSPS) is 15.3. The summed E-state index contributed by atoms with van der Waals surface area (Å²) < 4.78 is 19.0. The standard InChI is InChI=1S/C24H33FN4O.HI/c1-24(2,21-5-4-6-22(25)15-21)18-28-23(26-3)27-16-19-7-9-20(10-8-19)17-29-11-13-30-14-12-29;/h4-10,15H,11-14,16-18H2,1-3H3,(H2,26,27,28);1H. The van der Waals surface area contributed by atoms with Crippen molar-refractivity contribution in [2.75, 3.05) is 39.9 Å². The number of ether oxygens (including phenoxy) is 1. The van der Waals surface area contributed by atoms with Crippen molar-refractivity contribution in [2.45, 2.75) is 32.4 Å². The first-order valence-electron chi connectivity index (χ1n) is 10.5. The van der Waals surface area contributed by atoms with Gasteiger partial charge in [0.1, 0.15) is 5.82 Å². The summed E-state index contributed by atoms with van der Waals surface area (Å²) in [6.07, 6.45) is 0. The molecule has 3 rings (SSSR count). The molecule has 1 heterocycles. The van der Waals surface area contributed by atoms with Crippen LogP contribution in [-0.2, 0) is 23.2 Å². The minimum atomic E-state index is -0.221. The molecular weight excluding hydrogens is 506 g/mol. The maximum Gasteiger partial charge on any atom is 0.191 e. The average molecular weight is 540 g/mol. The van der Waals surface area contributed by atoms with Gasteiger partial charge in [-0.05, 0) is 28.8 Å². The van der Waals surface area contributed by atoms with E-state index >= 15 is 0 Å². The summed E-state index contributed by atoms with van der Waals surface area (Å²) in [6, 6.07) is 15.5. The molecule has 1 aliphatic heterocycles. The lowest BCUT2D eigenvalue weighted by atomic mass is 9.84. The lowest BCUT2D eigenvalue weighted by Gasteiger charge is -2.27. The number of benzene rings is 2. The predicted molar refractivity (Wildman–Crippen MR) is 136 cm³/mol. The fourth-order valence-electron chi connectivity index (χ4n) is 3.50. The Morgan fingerprint density at radius 2 is 1.74 bits per heavy atom. The van der Waals surface area contributed by atoms with Crippen LogP contribution in [0.5, 0.6) is 0 Å². The molecule has 1 saturated heterocycles. The van der Waals surface area contributed by atoms with Gasteiger partial charge in [0.25, 0.3) is 0 Å². The molecule has 0 unspecified atom stereocenters. The van der Waals surface area contributed by atoms with E-state index in [2.05, 4.69) is 58.6 Å². The van der Waals surface area contributed by atoms with Gasteiger partial charge < -0.3 is 15.4 Å². The summed E-state index contributed by atoms with van der Waals surface area (Å²) >= 11 is 0. The van der Waals surface area contributed by atoms with E-state index in [0.717, 1.165) is 44.4 Å². The Labute approximate surface area is 202 Å². The molecule has 5 nitrogen and oxygen atoms in total. The van der Waals surface area contributed by atoms with Gasteiger partial charge in [-0.1, -0.05) is 50.2 Å². The molecule has 0 spiro atoms. The van der Waals surface area contributed by atoms with Crippen molar-refractivity contribution in [3.05, 3.63) is 71.0 Å². The quantitative estimate of drug-likeness (QED) is 0.318. The highest BCUT2D eigenvalue weighted by Crippen LogP contribution is 2.22. The van der Waals surface area contributed by atoms with E-state index in [1.165, 1.54) is 17.2 Å². The first-order valence-corrected chi connectivity index (χ1v) is 10.5. The Morgan fingerprint density at radius 1 is 1.06 bits per heavy atom. The van der Waals surface area contributed by atoms with Crippen LogP contribution in [0.3, 0.4) is 0 Å². The average Bonchev–Trinajstić information content (AvgIpc) is 2.76. The maximum atomic E-state index is 13.6. The SMILES string of the molecule is CN=C(NCc1ccc(CN2CCOCC2)cc1)NCC(C)(C)c1cccc(F)c1.I. The number of hydrogen-bond donors (Lipinski definition) is 2. The van der Waals surface area contributed by atoms with Crippen LogP contribution in [0.25, 0.3) is 0 Å². The molecule has 2 N–H and O–H groups in total. The fourth-order valence-corrected chi connectivity index (χ4v) is 3.50. The van der Waals surface area contributed by atoms with Crippen LogP contribution in [0, 0.1) is 5.82 Å². The zero-order chi connectivity index (χ0) is 21.4. The van der Waals surface area contributed by atoms with Gasteiger partial charge in [0.05, 0.1) is 13.2 Å². The number of halogens is 2. The van der Waals surface area contributed by atoms with Crippen LogP contribution < -0.4 is 10.6 Å². The van der Waals surface area contributed by atoms with Gasteiger partial charge in [-0.3, -0.25) is 9.89 Å². The van der Waals surface area contributed by atoms with E-state index in [1.54, 1.807) is 19.2 Å². The highest BCUT2D eigenvalue weighted by Gasteiger charge is 2.21. The zero-order valence-electron chi connectivity index (χ0n) is 18.7. The second kappa shape index (κ2) is 12.4. The first kappa shape index (κ1) is 25.5. The fraction of sp³-hybridized carbons (Fsp3) is 0.458. The third-order valence-electron chi connectivity index (χ3n) is 5.52. The Kier molecular flexibility index (Phi) is 10.2. The third kappa shape index (κ3) is 8.05. The van der Waals surface area contributed by atoms with Gasteiger partial charge in [0, 0.05) is 45.2 Å². The van der Waals surface area contributed by atoms with E-state index in [-0.39, 0.29) is 35.2 Å². The molecule has 0 radical (unpaired) electrons. The number of aliphatic imine (C=N–C) groups is 1. The number of nitrogens with one attached hydrogen (secondary N) is 2. The maximum absolute atomic E-state index is 13.6. The molecule has 0 amide bonds. The van der Waals surface area contributed by atoms with Crippen molar-refractivity contribution in [3.63, 3.8) is 0 Å². The molecule has 1 fully saturated rings. The second-order valence-electron chi connectivity index (χ2n) is 8.38. The lowest BCUT2D eigenvalue weighted by molar-refractivity contribution is 0.0342. The van der Waals surface area contributed by atoms with Gasteiger partial charge in [0.15, 0.2) is 5.96 Å². The molecule has 31 heavy (non-hydrogen) atoms. The monoisotopic (exact) mass is 540 g/mol. The Balaban J connectivity index is 0.00000341. The van der Waals surface area contributed by atoms with E-state index in [9.17, 15) is 4.39 Å². The Hall–Kier alpha value is -1.71. The van der Waals surface area contributed by atoms with Crippen molar-refractivity contribution >= 4 is 29.9 Å². The molecule has 2 aromatic carbocycles. The summed E-state index contributed by atoms with van der Waals surface area (Å²) in [6.45, 7) is 10.1. The molecule has 2 aromatic rings. The highest BCUT2D eigenvalue weighted by molar-refractivity contribution is 14.0. The molecule has 0 aromatic heterocycles. The molecule has 0 aliphatic carbocycles. The topological polar surface area (TPSA) is 48.9 Å². The third-order valence-corrected chi connectivity index (χ3v) is 5.52. The van der Waals surface area contributed by atoms with E-state index in [0.29, 0.717) is 13.1 Å². The highest BCUT2D eigenvalue weighted by atomic mass is 127. The van der Waals surface area contributed by atoms with E-state index in [1.807, 2.05) is 6.07 Å². The van der Waals surface area contributed by atoms with Crippen molar-refractivity contribution in [3.8, 4) is 0 Å². The summed E-state index contributed by atoms with van der Waals surface area (Å²) in [5, 5.41) is 6.72. The summed E-state index contributed by atoms with van der Waals surface area (Å²) in [7, 11) is 1.76. The molecule has 170 valence electrons. The zero-order valence-corrected chi connectivity index (χ0v) is 21.0. The van der Waals surface area contributed by atoms with E-state index < -0.39 is 0 Å². The predicted octanol–water partition coefficient (Wildman–Crippen LogP) is 3.92. The smallest absolute Gasteiger partial charge is 0.191 e. The van der Waals surface area contributed by atoms with Crippen LogP contribution in [-0.4, -0.2) is 50.8 Å². The van der Waals surface area contributed by atoms with Crippen molar-refractivity contribution in [1.29, 1.82) is 0 Å². The van der Waals surface area contributed by atoms with Crippen LogP contribution in [0.15, 0.2) is 53.5 Å². The van der Waals surface area contributed by atoms with Gasteiger partial charge in [-0.25, -0.2) is 4.39 Å². The number of rotatable bonds is 7. The Bertz CT molecular complexity index is 836. The van der Waals surface area contributed by atoms with Gasteiger partial charge in [0.2, 0.25) is 0 Å². The van der Waals surface area contributed by atoms with Crippen LogP contribution in [0.2, 0.25) is 0 Å². The molecule has 1 aliphatic rings. The number of guanidine groups is 1. The number of hydrogen-bond acceptors (Lipinski definition) is 3. The van der Waals surface area contributed by atoms with Crippen molar-refractivity contribution in [2.24, 2.45) is 4.99 Å². The Morgan fingerprint density at radius 3 is 2.39 bits per heavy atom. The van der Waals surface area contributed by atoms with Crippen LogP contribution in [0.1, 0.15) is 30.5 Å². The molecule has 0 saturated carbocycles. The number of nitrogens with zero attached hydrogens (tertiary/aromatic N) is 2. The minimum absolute atomic E-state index is 0. The summed E-state index contributed by atoms with van der Waals surface area (Å²) in [4.78, 5) is 6.73. The van der Waals surface area contributed by atoms with Gasteiger partial charge >= 0.3 is 0 Å². The van der Waals surface area contributed by atoms with Crippen LogP contribution >= 0.6 is 24.0 Å². The molecule has 0 atom stereocenters. The van der Waals surface area contributed by atoms with Crippen molar-refractivity contribution in [1.82, 2.24) is 15.5 Å². The lowest BCUT2D eigenvalue weighted by Crippen LogP contribution is -2.43. The molecular formula is C24H34FIN4O. The minimum Gasteiger partial charge on any atom is -0.379 e. The summed E-state index contributed by atoms with van der Waals surface area (Å²) in [5.74, 6) is 0.525. The molecule has 0 bridgehead atoms.